The van der Waals surface area contributed by atoms with Gasteiger partial charge in [-0.1, -0.05) is 41.5 Å². The smallest absolute Gasteiger partial charge is 0.332 e. The normalized spacial score (nSPS) is 12.7. The Bertz CT molecular complexity index is 529. The van der Waals surface area contributed by atoms with Gasteiger partial charge < -0.3 is 10.8 Å². The number of rotatable bonds is 2. The number of hydrogen-bond donors (Lipinski definition) is 3. The molecule has 0 atom stereocenters. The first-order chi connectivity index (χ1) is 9.43. The van der Waals surface area contributed by atoms with E-state index in [0.29, 0.717) is 5.75 Å². The lowest BCUT2D eigenvalue weighted by atomic mass is 9.78. The van der Waals surface area contributed by atoms with Crippen LogP contribution in [-0.4, -0.2) is 17.4 Å². The van der Waals surface area contributed by atoms with Gasteiger partial charge in [-0.05, 0) is 28.5 Å². The van der Waals surface area contributed by atoms with Gasteiger partial charge in [0, 0.05) is 11.1 Å². The summed E-state index contributed by atoms with van der Waals surface area (Å²) in [4.78, 5) is 10.7. The molecule has 5 heteroatoms. The third-order valence-electron chi connectivity index (χ3n) is 3.14. The van der Waals surface area contributed by atoms with Crippen molar-refractivity contribution in [3.63, 3.8) is 0 Å². The zero-order valence-electron chi connectivity index (χ0n) is 13.6. The summed E-state index contributed by atoms with van der Waals surface area (Å²) in [6.07, 6.45) is 1.52. The van der Waals surface area contributed by atoms with E-state index >= 15 is 0 Å². The van der Waals surface area contributed by atoms with Gasteiger partial charge in [-0.25, -0.2) is 10.2 Å². The van der Waals surface area contributed by atoms with Gasteiger partial charge in [0.25, 0.3) is 0 Å². The number of hydrazone groups is 1. The van der Waals surface area contributed by atoms with Crippen molar-refractivity contribution in [1.29, 1.82) is 0 Å². The molecule has 1 aromatic rings. The van der Waals surface area contributed by atoms with Crippen LogP contribution in [-0.2, 0) is 10.8 Å². The Kier molecular flexibility index (Phi) is 4.66. The summed E-state index contributed by atoms with van der Waals surface area (Å²) in [5.41, 5.74) is 9.23. The number of carbonyl (C=O) groups excluding carboxylic acids is 1. The molecule has 0 saturated carbocycles. The molecule has 0 fully saturated rings. The van der Waals surface area contributed by atoms with Crippen molar-refractivity contribution >= 4 is 12.2 Å². The maximum Gasteiger partial charge on any atom is 0.332 e. The summed E-state index contributed by atoms with van der Waals surface area (Å²) in [7, 11) is 0. The number of amides is 2. The van der Waals surface area contributed by atoms with Crippen LogP contribution in [0.15, 0.2) is 17.2 Å². The highest BCUT2D eigenvalue weighted by atomic mass is 16.3. The zero-order chi connectivity index (χ0) is 16.4. The molecule has 0 spiro atoms. The van der Waals surface area contributed by atoms with Crippen LogP contribution in [0, 0.1) is 0 Å². The number of phenols is 1. The van der Waals surface area contributed by atoms with Crippen molar-refractivity contribution in [2.45, 2.75) is 52.4 Å². The van der Waals surface area contributed by atoms with Gasteiger partial charge in [0.1, 0.15) is 5.75 Å². The molecular formula is C16H25N3O2. The number of benzene rings is 1. The molecule has 5 nitrogen and oxygen atoms in total. The van der Waals surface area contributed by atoms with E-state index in [1.807, 2.05) is 53.7 Å². The lowest BCUT2D eigenvalue weighted by Crippen LogP contribution is -2.24. The van der Waals surface area contributed by atoms with E-state index in [1.54, 1.807) is 0 Å². The monoisotopic (exact) mass is 291 g/mol. The molecule has 0 radical (unpaired) electrons. The summed E-state index contributed by atoms with van der Waals surface area (Å²) >= 11 is 0. The standard InChI is InChI=1S/C16H25N3O2/c1-15(2,3)11-7-10(9-18-19-14(17)21)8-12(13(11)20)16(4,5)6/h7-9,20H,1-6H3,(H3,17,19,21)/b18-9+. The predicted molar refractivity (Wildman–Crippen MR) is 85.8 cm³/mol. The lowest BCUT2D eigenvalue weighted by Gasteiger charge is -2.27. The number of urea groups is 1. The second-order valence-electron chi connectivity index (χ2n) is 7.20. The lowest BCUT2D eigenvalue weighted by molar-refractivity contribution is 0.249. The SMILES string of the molecule is CC(C)(C)c1cc(/C=N/NC(N)=O)cc(C(C)(C)C)c1O. The van der Waals surface area contributed by atoms with E-state index < -0.39 is 6.03 Å². The summed E-state index contributed by atoms with van der Waals surface area (Å²) in [6.45, 7) is 12.2. The topological polar surface area (TPSA) is 87.7 Å². The highest BCUT2D eigenvalue weighted by Gasteiger charge is 2.26. The van der Waals surface area contributed by atoms with E-state index in [-0.39, 0.29) is 10.8 Å². The highest BCUT2D eigenvalue weighted by molar-refractivity contribution is 5.83. The Balaban J connectivity index is 3.41. The van der Waals surface area contributed by atoms with Crippen LogP contribution in [0.3, 0.4) is 0 Å². The Hall–Kier alpha value is -2.04. The Labute approximate surface area is 126 Å². The average Bonchev–Trinajstić information content (AvgIpc) is 2.27. The van der Waals surface area contributed by atoms with Gasteiger partial charge in [-0.2, -0.15) is 5.10 Å². The second kappa shape index (κ2) is 5.76. The maximum atomic E-state index is 10.7. The van der Waals surface area contributed by atoms with Crippen LogP contribution < -0.4 is 11.2 Å². The van der Waals surface area contributed by atoms with Crippen LogP contribution in [0.5, 0.6) is 5.75 Å². The molecule has 0 saturated heterocycles. The van der Waals surface area contributed by atoms with Crippen molar-refractivity contribution in [3.05, 3.63) is 28.8 Å². The number of primary amides is 1. The van der Waals surface area contributed by atoms with Gasteiger partial charge in [0.05, 0.1) is 6.21 Å². The summed E-state index contributed by atoms with van der Waals surface area (Å²) < 4.78 is 0. The largest absolute Gasteiger partial charge is 0.507 e. The van der Waals surface area contributed by atoms with E-state index in [9.17, 15) is 9.90 Å². The number of hydrogen-bond acceptors (Lipinski definition) is 3. The first-order valence-electron chi connectivity index (χ1n) is 6.89. The van der Waals surface area contributed by atoms with Crippen LogP contribution in [0.2, 0.25) is 0 Å². The first kappa shape index (κ1) is 17.0. The molecule has 0 unspecified atom stereocenters. The quantitative estimate of drug-likeness (QED) is 0.577. The molecule has 0 heterocycles. The van der Waals surface area contributed by atoms with Crippen molar-refractivity contribution in [1.82, 2.24) is 5.43 Å². The molecule has 0 aliphatic rings. The summed E-state index contributed by atoms with van der Waals surface area (Å²) in [6, 6.07) is 3.03. The second-order valence-corrected chi connectivity index (χ2v) is 7.20. The number of nitrogens with two attached hydrogens (primary N) is 1. The minimum absolute atomic E-state index is 0.203. The minimum atomic E-state index is -0.711. The van der Waals surface area contributed by atoms with Gasteiger partial charge in [-0.3, -0.25) is 0 Å². The van der Waals surface area contributed by atoms with E-state index in [4.69, 9.17) is 5.73 Å². The van der Waals surface area contributed by atoms with E-state index in [2.05, 4.69) is 10.5 Å². The third-order valence-corrected chi connectivity index (χ3v) is 3.14. The molecule has 0 aliphatic carbocycles. The van der Waals surface area contributed by atoms with Crippen molar-refractivity contribution in [2.75, 3.05) is 0 Å². The molecular weight excluding hydrogens is 266 g/mol. The minimum Gasteiger partial charge on any atom is -0.507 e. The first-order valence-corrected chi connectivity index (χ1v) is 6.89. The zero-order valence-corrected chi connectivity index (χ0v) is 13.6. The van der Waals surface area contributed by atoms with E-state index in [0.717, 1.165) is 16.7 Å². The van der Waals surface area contributed by atoms with Crippen LogP contribution in [0.25, 0.3) is 0 Å². The van der Waals surface area contributed by atoms with Crippen LogP contribution in [0.1, 0.15) is 58.2 Å². The molecule has 0 aliphatic heterocycles. The van der Waals surface area contributed by atoms with Crippen molar-refractivity contribution in [2.24, 2.45) is 10.8 Å². The summed E-state index contributed by atoms with van der Waals surface area (Å²) in [5, 5.41) is 14.3. The van der Waals surface area contributed by atoms with Gasteiger partial charge in [0.15, 0.2) is 0 Å². The van der Waals surface area contributed by atoms with Gasteiger partial charge in [-0.15, -0.1) is 0 Å². The average molecular weight is 291 g/mol. The Morgan fingerprint density at radius 1 is 1.14 bits per heavy atom. The fourth-order valence-corrected chi connectivity index (χ4v) is 2.05. The molecule has 4 N–H and O–H groups in total. The van der Waals surface area contributed by atoms with E-state index in [1.165, 1.54) is 6.21 Å². The molecule has 0 bridgehead atoms. The molecule has 1 rings (SSSR count). The molecule has 0 aromatic heterocycles. The predicted octanol–water partition coefficient (Wildman–Crippen LogP) is 2.99. The third kappa shape index (κ3) is 4.48. The van der Waals surface area contributed by atoms with Crippen molar-refractivity contribution < 1.29 is 9.90 Å². The fraction of sp³-hybridized carbons (Fsp3) is 0.500. The molecule has 21 heavy (non-hydrogen) atoms. The number of carbonyl (C=O) groups is 1. The maximum absolute atomic E-state index is 10.7. The van der Waals surface area contributed by atoms with Crippen LogP contribution in [0.4, 0.5) is 4.79 Å². The van der Waals surface area contributed by atoms with Gasteiger partial charge >= 0.3 is 6.03 Å². The number of nitrogens with zero attached hydrogens (tertiary/aromatic N) is 1. The number of aromatic hydroxyl groups is 1. The Morgan fingerprint density at radius 2 is 1.57 bits per heavy atom. The van der Waals surface area contributed by atoms with Crippen molar-refractivity contribution in [3.8, 4) is 5.75 Å². The summed E-state index contributed by atoms with van der Waals surface area (Å²) in [5.74, 6) is 0.315. The fourth-order valence-electron chi connectivity index (χ4n) is 2.05. The number of phenolic OH excluding ortho intramolecular Hbond substituents is 1. The highest BCUT2D eigenvalue weighted by Crippen LogP contribution is 2.39. The molecule has 1 aromatic carbocycles. The number of nitrogens with one attached hydrogen (secondary N) is 1. The molecule has 116 valence electrons. The molecule has 2 amide bonds. The Morgan fingerprint density at radius 3 is 1.90 bits per heavy atom. The van der Waals surface area contributed by atoms with Crippen LogP contribution >= 0.6 is 0 Å². The van der Waals surface area contributed by atoms with Gasteiger partial charge in [0.2, 0.25) is 0 Å².